The second-order valence-electron chi connectivity index (χ2n) is 8.22. The Morgan fingerprint density at radius 1 is 0.718 bits per heavy atom. The number of halogens is 6. The van der Waals surface area contributed by atoms with E-state index < -0.39 is 40.5 Å². The van der Waals surface area contributed by atoms with Crippen molar-refractivity contribution in [2.45, 2.75) is 12.4 Å². The zero-order valence-corrected chi connectivity index (χ0v) is 19.6. The van der Waals surface area contributed by atoms with Crippen molar-refractivity contribution in [2.24, 2.45) is 0 Å². The Hall–Kier alpha value is -4.87. The summed E-state index contributed by atoms with van der Waals surface area (Å²) in [6.07, 6.45) is -5.43. The van der Waals surface area contributed by atoms with Gasteiger partial charge >= 0.3 is 23.5 Å². The number of para-hydroxylation sites is 1. The molecule has 12 heteroatoms. The van der Waals surface area contributed by atoms with Gasteiger partial charge in [0.15, 0.2) is 0 Å². The molecule has 1 heterocycles. The van der Waals surface area contributed by atoms with Crippen molar-refractivity contribution in [3.8, 4) is 0 Å². The third-order valence-corrected chi connectivity index (χ3v) is 5.57. The monoisotopic (exact) mass is 545 g/mol. The lowest BCUT2D eigenvalue weighted by Crippen LogP contribution is -2.29. The average Bonchev–Trinajstić information content (AvgIpc) is 2.87. The number of H-pyrrole nitrogens is 2. The van der Waals surface area contributed by atoms with Gasteiger partial charge in [-0.05, 0) is 53.1 Å². The third-order valence-electron chi connectivity index (χ3n) is 5.57. The minimum absolute atomic E-state index is 0.176. The van der Waals surface area contributed by atoms with Gasteiger partial charge in [0.1, 0.15) is 0 Å². The second kappa shape index (κ2) is 10.5. The molecule has 0 aliphatic carbocycles. The fourth-order valence-corrected chi connectivity index (χ4v) is 3.69. The number of hydrogen-bond donors (Lipinski definition) is 3. The highest BCUT2D eigenvalue weighted by Crippen LogP contribution is 2.33. The van der Waals surface area contributed by atoms with Gasteiger partial charge in [0.25, 0.3) is 0 Å². The maximum Gasteiger partial charge on any atom is 0.416 e. The number of benzene rings is 3. The number of carbonyl (C=O) groups is 1. The quantitative estimate of drug-likeness (QED) is 0.127. The molecule has 6 nitrogen and oxygen atoms in total. The number of hydrogen-bond acceptors (Lipinski definition) is 3. The van der Waals surface area contributed by atoms with Crippen LogP contribution in [0.3, 0.4) is 0 Å². The number of aromatic nitrogens is 2. The molecule has 1 aromatic heterocycles. The fraction of sp³-hybridized carbons (Fsp3) is 0.0741. The van der Waals surface area contributed by atoms with Gasteiger partial charge in [-0.3, -0.25) is 14.4 Å². The molecule has 4 aromatic rings. The van der Waals surface area contributed by atoms with E-state index in [1.165, 1.54) is 54.6 Å². The standard InChI is InChI=1S/C27H17F6N3O3/c28-26(29,30)17-11-7-15(8-12-17)19(16-9-13-18(14-10-16)27(31,32)33)3-1-6-22(37)34-20-4-2-5-21-23(20)36-25(39)24(38)35-21/h1-14H,(H,34,37)(H,35,38)(H,36,39)/b6-1+. The molecule has 0 saturated carbocycles. The van der Waals surface area contributed by atoms with Crippen molar-refractivity contribution in [3.63, 3.8) is 0 Å². The lowest BCUT2D eigenvalue weighted by molar-refractivity contribution is -0.138. The summed E-state index contributed by atoms with van der Waals surface area (Å²) in [6.45, 7) is 0. The largest absolute Gasteiger partial charge is 0.416 e. The maximum atomic E-state index is 13.0. The summed E-state index contributed by atoms with van der Waals surface area (Å²) in [5.74, 6) is -0.662. The molecular weight excluding hydrogens is 528 g/mol. The van der Waals surface area contributed by atoms with E-state index in [1.807, 2.05) is 0 Å². The van der Waals surface area contributed by atoms with Gasteiger partial charge in [-0.25, -0.2) is 0 Å². The average molecular weight is 545 g/mol. The van der Waals surface area contributed by atoms with E-state index in [1.54, 1.807) is 0 Å². The summed E-state index contributed by atoms with van der Waals surface area (Å²) in [6, 6.07) is 12.6. The Kier molecular flexibility index (Phi) is 7.30. The van der Waals surface area contributed by atoms with Crippen LogP contribution in [0.2, 0.25) is 0 Å². The molecule has 0 aliphatic rings. The molecule has 0 aliphatic heterocycles. The minimum Gasteiger partial charge on any atom is -0.321 e. The molecule has 3 N–H and O–H groups in total. The second-order valence-corrected chi connectivity index (χ2v) is 8.22. The van der Waals surface area contributed by atoms with Gasteiger partial charge in [0, 0.05) is 6.08 Å². The predicted octanol–water partition coefficient (Wildman–Crippen LogP) is 5.88. The van der Waals surface area contributed by atoms with Crippen LogP contribution in [0.15, 0.2) is 94.5 Å². The number of carbonyl (C=O) groups excluding carboxylic acids is 1. The first-order chi connectivity index (χ1) is 18.3. The Morgan fingerprint density at radius 3 is 1.74 bits per heavy atom. The molecule has 0 saturated heterocycles. The van der Waals surface area contributed by atoms with Crippen LogP contribution in [0.5, 0.6) is 0 Å². The van der Waals surface area contributed by atoms with Crippen molar-refractivity contribution in [1.29, 1.82) is 0 Å². The van der Waals surface area contributed by atoms with E-state index in [0.29, 0.717) is 0 Å². The molecule has 3 aromatic carbocycles. The molecule has 0 unspecified atom stereocenters. The van der Waals surface area contributed by atoms with Crippen LogP contribution in [0, 0.1) is 0 Å². The first kappa shape index (κ1) is 27.2. The van der Waals surface area contributed by atoms with Crippen LogP contribution in [0.25, 0.3) is 16.6 Å². The fourth-order valence-electron chi connectivity index (χ4n) is 3.69. The number of fused-ring (bicyclic) bond motifs is 1. The summed E-state index contributed by atoms with van der Waals surface area (Å²) in [5, 5.41) is 2.54. The number of anilines is 1. The molecule has 0 bridgehead atoms. The number of rotatable bonds is 5. The number of alkyl halides is 6. The normalized spacial score (nSPS) is 12.1. The summed E-state index contributed by atoms with van der Waals surface area (Å²) < 4.78 is 78.0. The van der Waals surface area contributed by atoms with Gasteiger partial charge in [-0.2, -0.15) is 26.3 Å². The van der Waals surface area contributed by atoms with E-state index in [2.05, 4.69) is 15.3 Å². The SMILES string of the molecule is O=C(/C=C/C=C(c1ccc(C(F)(F)F)cc1)c1ccc(C(F)(F)F)cc1)Nc1cccc2[nH]c(=O)c(=O)[nH]c12. The van der Waals surface area contributed by atoms with Crippen molar-refractivity contribution < 1.29 is 31.1 Å². The van der Waals surface area contributed by atoms with Crippen LogP contribution < -0.4 is 16.4 Å². The smallest absolute Gasteiger partial charge is 0.321 e. The van der Waals surface area contributed by atoms with Crippen LogP contribution in [0.4, 0.5) is 32.0 Å². The zero-order valence-electron chi connectivity index (χ0n) is 19.6. The number of aromatic amines is 2. The van der Waals surface area contributed by atoms with Crippen LogP contribution in [-0.4, -0.2) is 15.9 Å². The number of nitrogens with one attached hydrogen (secondary N) is 3. The van der Waals surface area contributed by atoms with E-state index in [9.17, 15) is 40.7 Å². The summed E-state index contributed by atoms with van der Waals surface area (Å²) in [4.78, 5) is 40.5. The summed E-state index contributed by atoms with van der Waals surface area (Å²) in [5.41, 5.74) is -2.16. The van der Waals surface area contributed by atoms with Gasteiger partial charge in [-0.1, -0.05) is 42.5 Å². The highest BCUT2D eigenvalue weighted by molar-refractivity contribution is 6.04. The van der Waals surface area contributed by atoms with Crippen molar-refractivity contribution in [2.75, 3.05) is 5.32 Å². The van der Waals surface area contributed by atoms with E-state index >= 15 is 0 Å². The lowest BCUT2D eigenvalue weighted by atomic mass is 9.95. The molecule has 0 spiro atoms. The van der Waals surface area contributed by atoms with E-state index in [-0.39, 0.29) is 33.4 Å². The molecule has 0 radical (unpaired) electrons. The summed E-state index contributed by atoms with van der Waals surface area (Å²) >= 11 is 0. The first-order valence-corrected chi connectivity index (χ1v) is 11.1. The molecule has 4 rings (SSSR count). The number of amides is 1. The molecule has 0 atom stereocenters. The Morgan fingerprint density at radius 2 is 1.23 bits per heavy atom. The predicted molar refractivity (Wildman–Crippen MR) is 133 cm³/mol. The van der Waals surface area contributed by atoms with Crippen LogP contribution in [-0.2, 0) is 17.1 Å². The van der Waals surface area contributed by atoms with Crippen molar-refractivity contribution in [3.05, 3.63) is 128 Å². The van der Waals surface area contributed by atoms with Crippen LogP contribution in [0.1, 0.15) is 22.3 Å². The van der Waals surface area contributed by atoms with Gasteiger partial charge in [0.2, 0.25) is 5.91 Å². The first-order valence-electron chi connectivity index (χ1n) is 11.1. The molecule has 200 valence electrons. The third kappa shape index (κ3) is 6.35. The lowest BCUT2D eigenvalue weighted by Gasteiger charge is -2.12. The Labute approximate surface area is 215 Å². The Bertz CT molecular complexity index is 1640. The maximum absolute atomic E-state index is 13.0. The zero-order chi connectivity index (χ0) is 28.4. The molecular formula is C27H17F6N3O3. The van der Waals surface area contributed by atoms with Crippen LogP contribution >= 0.6 is 0 Å². The highest BCUT2D eigenvalue weighted by atomic mass is 19.4. The van der Waals surface area contributed by atoms with E-state index in [4.69, 9.17) is 0 Å². The molecule has 39 heavy (non-hydrogen) atoms. The van der Waals surface area contributed by atoms with Gasteiger partial charge in [-0.15, -0.1) is 0 Å². The van der Waals surface area contributed by atoms with Gasteiger partial charge in [0.05, 0.1) is 27.8 Å². The van der Waals surface area contributed by atoms with Crippen molar-refractivity contribution >= 4 is 28.2 Å². The van der Waals surface area contributed by atoms with E-state index in [0.717, 1.165) is 30.3 Å². The van der Waals surface area contributed by atoms with Gasteiger partial charge < -0.3 is 15.3 Å². The molecule has 0 fully saturated rings. The highest BCUT2D eigenvalue weighted by Gasteiger charge is 2.31. The molecule has 1 amide bonds. The minimum atomic E-state index is -4.58. The van der Waals surface area contributed by atoms with Crippen molar-refractivity contribution in [1.82, 2.24) is 9.97 Å². The number of allylic oxidation sites excluding steroid dienone is 2. The Balaban J connectivity index is 1.65. The summed E-state index contributed by atoms with van der Waals surface area (Å²) in [7, 11) is 0. The topological polar surface area (TPSA) is 94.8 Å².